The Morgan fingerprint density at radius 2 is 1.97 bits per heavy atom. The molecule has 2 aromatic heterocycles. The fourth-order valence-electron chi connectivity index (χ4n) is 4.36. The Balaban J connectivity index is 1.57. The second-order valence-corrected chi connectivity index (χ2v) is 8.35. The lowest BCUT2D eigenvalue weighted by atomic mass is 10.1. The van der Waals surface area contributed by atoms with Crippen LogP contribution in [0, 0.1) is 6.92 Å². The second kappa shape index (κ2) is 7.27. The minimum Gasteiger partial charge on any atom is -0.480 e. The molecule has 5 rings (SSSR count). The standard InChI is InChI=1S/C24H26N4O2/c1-3-5-21-26-23-15(2)6-4-7-20(23)27(21)13-16-8-11-19-18(12-16)25-24(17-9-10-17)28(19)14-22(29)30/h4,6-8,11-12,17H,3,5,9-10,13-14H2,1-2H3,(H,29,30). The normalized spacial score (nSPS) is 14.1. The zero-order valence-corrected chi connectivity index (χ0v) is 17.4. The van der Waals surface area contributed by atoms with Crippen molar-refractivity contribution in [1.29, 1.82) is 0 Å². The lowest BCUT2D eigenvalue weighted by Crippen LogP contribution is -2.11. The summed E-state index contributed by atoms with van der Waals surface area (Å²) >= 11 is 0. The Bertz CT molecular complexity index is 1260. The van der Waals surface area contributed by atoms with E-state index in [1.807, 2.05) is 10.6 Å². The van der Waals surface area contributed by atoms with Crippen LogP contribution in [0.5, 0.6) is 0 Å². The molecule has 6 nitrogen and oxygen atoms in total. The smallest absolute Gasteiger partial charge is 0.323 e. The van der Waals surface area contributed by atoms with Crippen LogP contribution in [0.25, 0.3) is 22.1 Å². The predicted octanol–water partition coefficient (Wildman–Crippen LogP) is 4.66. The van der Waals surface area contributed by atoms with Gasteiger partial charge >= 0.3 is 5.97 Å². The number of hydrogen-bond donors (Lipinski definition) is 1. The third-order valence-electron chi connectivity index (χ3n) is 5.95. The van der Waals surface area contributed by atoms with Crippen LogP contribution in [0.2, 0.25) is 0 Å². The van der Waals surface area contributed by atoms with Crippen LogP contribution in [0.15, 0.2) is 36.4 Å². The molecule has 0 aliphatic heterocycles. The SMILES string of the molecule is CCCc1nc2c(C)cccc2n1Cc1ccc2c(c1)nc(C1CC1)n2CC(=O)O. The van der Waals surface area contributed by atoms with Gasteiger partial charge in [-0.05, 0) is 55.5 Å². The van der Waals surface area contributed by atoms with Gasteiger partial charge in [-0.15, -0.1) is 0 Å². The first-order valence-corrected chi connectivity index (χ1v) is 10.7. The van der Waals surface area contributed by atoms with Crippen LogP contribution in [0.4, 0.5) is 0 Å². The highest BCUT2D eigenvalue weighted by Gasteiger charge is 2.30. The van der Waals surface area contributed by atoms with E-state index in [0.29, 0.717) is 5.92 Å². The van der Waals surface area contributed by atoms with Crippen LogP contribution in [-0.4, -0.2) is 30.2 Å². The minimum atomic E-state index is -0.829. The molecular weight excluding hydrogens is 376 g/mol. The van der Waals surface area contributed by atoms with Crippen LogP contribution in [-0.2, 0) is 24.3 Å². The topological polar surface area (TPSA) is 72.9 Å². The molecule has 0 amide bonds. The Morgan fingerprint density at radius 1 is 1.13 bits per heavy atom. The molecular formula is C24H26N4O2. The van der Waals surface area contributed by atoms with E-state index in [1.165, 1.54) is 5.56 Å². The van der Waals surface area contributed by atoms with Crippen LogP contribution in [0.3, 0.4) is 0 Å². The molecule has 154 valence electrons. The summed E-state index contributed by atoms with van der Waals surface area (Å²) in [6.07, 6.45) is 4.17. The highest BCUT2D eigenvalue weighted by molar-refractivity contribution is 5.81. The molecule has 0 atom stereocenters. The van der Waals surface area contributed by atoms with Gasteiger partial charge in [0.25, 0.3) is 0 Å². The molecule has 2 heterocycles. The first-order valence-electron chi connectivity index (χ1n) is 10.7. The fourth-order valence-corrected chi connectivity index (χ4v) is 4.36. The third-order valence-corrected chi connectivity index (χ3v) is 5.95. The predicted molar refractivity (Wildman–Crippen MR) is 117 cm³/mol. The molecule has 1 N–H and O–H groups in total. The second-order valence-electron chi connectivity index (χ2n) is 8.35. The van der Waals surface area contributed by atoms with Gasteiger partial charge in [-0.2, -0.15) is 0 Å². The van der Waals surface area contributed by atoms with E-state index in [0.717, 1.165) is 71.5 Å². The molecule has 1 aliphatic carbocycles. The lowest BCUT2D eigenvalue weighted by molar-refractivity contribution is -0.137. The van der Waals surface area contributed by atoms with Gasteiger partial charge in [-0.3, -0.25) is 4.79 Å². The highest BCUT2D eigenvalue weighted by atomic mass is 16.4. The number of aliphatic carboxylic acids is 1. The van der Waals surface area contributed by atoms with Crippen molar-refractivity contribution in [3.05, 3.63) is 59.2 Å². The molecule has 1 aliphatic rings. The fraction of sp³-hybridized carbons (Fsp3) is 0.375. The molecule has 0 radical (unpaired) electrons. The zero-order chi connectivity index (χ0) is 20.8. The molecule has 4 aromatic rings. The summed E-state index contributed by atoms with van der Waals surface area (Å²) in [5.74, 6) is 1.60. The third kappa shape index (κ3) is 3.26. The molecule has 0 saturated heterocycles. The van der Waals surface area contributed by atoms with Gasteiger partial charge < -0.3 is 14.2 Å². The summed E-state index contributed by atoms with van der Waals surface area (Å²) in [4.78, 5) is 21.1. The first kappa shape index (κ1) is 18.9. The molecule has 6 heteroatoms. The number of benzene rings is 2. The summed E-state index contributed by atoms with van der Waals surface area (Å²) in [5, 5.41) is 9.34. The van der Waals surface area contributed by atoms with Crippen LogP contribution in [0.1, 0.15) is 54.9 Å². The monoisotopic (exact) mass is 402 g/mol. The van der Waals surface area contributed by atoms with Crippen molar-refractivity contribution in [2.45, 2.75) is 58.5 Å². The molecule has 0 bridgehead atoms. The van der Waals surface area contributed by atoms with E-state index >= 15 is 0 Å². The number of nitrogens with zero attached hydrogens (tertiary/aromatic N) is 4. The van der Waals surface area contributed by atoms with E-state index in [-0.39, 0.29) is 6.54 Å². The van der Waals surface area contributed by atoms with E-state index in [2.05, 4.69) is 48.7 Å². The molecule has 1 saturated carbocycles. The van der Waals surface area contributed by atoms with Crippen LogP contribution < -0.4 is 0 Å². The summed E-state index contributed by atoms with van der Waals surface area (Å²) in [6.45, 7) is 4.98. The zero-order valence-electron chi connectivity index (χ0n) is 17.4. The number of para-hydroxylation sites is 1. The van der Waals surface area contributed by atoms with E-state index in [1.54, 1.807) is 0 Å². The van der Waals surface area contributed by atoms with Crippen molar-refractivity contribution >= 4 is 28.0 Å². The molecule has 30 heavy (non-hydrogen) atoms. The van der Waals surface area contributed by atoms with E-state index in [9.17, 15) is 9.90 Å². The number of aryl methyl sites for hydroxylation is 2. The van der Waals surface area contributed by atoms with Crippen molar-refractivity contribution in [2.24, 2.45) is 0 Å². The first-order chi connectivity index (χ1) is 14.5. The Morgan fingerprint density at radius 3 is 2.70 bits per heavy atom. The van der Waals surface area contributed by atoms with Crippen molar-refractivity contribution in [1.82, 2.24) is 19.1 Å². The van der Waals surface area contributed by atoms with Crippen molar-refractivity contribution in [3.63, 3.8) is 0 Å². The van der Waals surface area contributed by atoms with Crippen LogP contribution >= 0.6 is 0 Å². The average Bonchev–Trinajstić information content (AvgIpc) is 3.42. The Kier molecular flexibility index (Phi) is 4.57. The minimum absolute atomic E-state index is 0.0340. The number of fused-ring (bicyclic) bond motifs is 2. The molecule has 1 fully saturated rings. The number of hydrogen-bond acceptors (Lipinski definition) is 3. The maximum absolute atomic E-state index is 11.4. The number of carboxylic acid groups (broad SMARTS) is 1. The Hall–Kier alpha value is -3.15. The summed E-state index contributed by atoms with van der Waals surface area (Å²) in [5.41, 5.74) is 6.37. The molecule has 0 spiro atoms. The van der Waals surface area contributed by atoms with Gasteiger partial charge in [0, 0.05) is 18.9 Å². The summed E-state index contributed by atoms with van der Waals surface area (Å²) < 4.78 is 4.18. The number of imidazole rings is 2. The number of carboxylic acids is 1. The van der Waals surface area contributed by atoms with Gasteiger partial charge in [0.1, 0.15) is 18.2 Å². The number of rotatable bonds is 7. The molecule has 0 unspecified atom stereocenters. The van der Waals surface area contributed by atoms with Gasteiger partial charge in [0.05, 0.1) is 22.1 Å². The largest absolute Gasteiger partial charge is 0.480 e. The summed E-state index contributed by atoms with van der Waals surface area (Å²) in [6, 6.07) is 12.6. The summed E-state index contributed by atoms with van der Waals surface area (Å²) in [7, 11) is 0. The van der Waals surface area contributed by atoms with Crippen molar-refractivity contribution in [3.8, 4) is 0 Å². The van der Waals surface area contributed by atoms with Crippen molar-refractivity contribution < 1.29 is 9.90 Å². The van der Waals surface area contributed by atoms with Gasteiger partial charge in [-0.25, -0.2) is 9.97 Å². The van der Waals surface area contributed by atoms with Gasteiger partial charge in [0.2, 0.25) is 0 Å². The Labute approximate surface area is 175 Å². The van der Waals surface area contributed by atoms with Gasteiger partial charge in [0.15, 0.2) is 0 Å². The lowest BCUT2D eigenvalue weighted by Gasteiger charge is -2.10. The number of carbonyl (C=O) groups is 1. The average molecular weight is 402 g/mol. The van der Waals surface area contributed by atoms with Crippen molar-refractivity contribution in [2.75, 3.05) is 0 Å². The maximum atomic E-state index is 11.4. The maximum Gasteiger partial charge on any atom is 0.323 e. The molecule has 2 aromatic carbocycles. The van der Waals surface area contributed by atoms with Gasteiger partial charge in [-0.1, -0.05) is 25.1 Å². The number of aromatic nitrogens is 4. The highest BCUT2D eigenvalue weighted by Crippen LogP contribution is 2.40. The van der Waals surface area contributed by atoms with E-state index < -0.39 is 5.97 Å². The van der Waals surface area contributed by atoms with E-state index in [4.69, 9.17) is 9.97 Å². The quantitative estimate of drug-likeness (QED) is 0.488.